The molecule has 0 spiro atoms. The summed E-state index contributed by atoms with van der Waals surface area (Å²) in [6.07, 6.45) is 0. The average molecular weight is 356 g/mol. The maximum Gasteiger partial charge on any atom is 0.321 e. The summed E-state index contributed by atoms with van der Waals surface area (Å²) in [7, 11) is 1.59. The van der Waals surface area contributed by atoms with Crippen LogP contribution >= 0.6 is 11.8 Å². The summed E-state index contributed by atoms with van der Waals surface area (Å²) in [5.41, 5.74) is 1.78. The van der Waals surface area contributed by atoms with Crippen LogP contribution in [-0.2, 0) is 4.79 Å². The van der Waals surface area contributed by atoms with Crippen LogP contribution < -0.4 is 9.47 Å². The first kappa shape index (κ1) is 17.0. The van der Waals surface area contributed by atoms with Crippen LogP contribution in [0.5, 0.6) is 11.5 Å². The van der Waals surface area contributed by atoms with E-state index in [0.29, 0.717) is 22.6 Å². The summed E-state index contributed by atoms with van der Waals surface area (Å²) >= 11 is 1.13. The van der Waals surface area contributed by atoms with Crippen LogP contribution in [-0.4, -0.2) is 29.0 Å². The highest BCUT2D eigenvalue weighted by atomic mass is 32.2. The van der Waals surface area contributed by atoms with Crippen molar-refractivity contribution in [2.24, 2.45) is 0 Å². The van der Waals surface area contributed by atoms with Gasteiger partial charge in [-0.15, -0.1) is 10.2 Å². The second kappa shape index (κ2) is 7.85. The summed E-state index contributed by atoms with van der Waals surface area (Å²) in [6, 6.07) is 14.6. The molecule has 0 atom stereocenters. The number of carbonyl (C=O) groups excluding carboxylic acids is 1. The fourth-order valence-corrected chi connectivity index (χ4v) is 2.64. The number of hydrogen-bond acceptors (Lipinski definition) is 7. The molecule has 2 aromatic carbocycles. The van der Waals surface area contributed by atoms with Crippen molar-refractivity contribution in [3.8, 4) is 23.0 Å². The highest BCUT2D eigenvalue weighted by Gasteiger charge is 2.13. The molecule has 6 nitrogen and oxygen atoms in total. The van der Waals surface area contributed by atoms with Gasteiger partial charge in [-0.3, -0.25) is 4.79 Å². The van der Waals surface area contributed by atoms with Gasteiger partial charge in [-0.1, -0.05) is 30.0 Å². The molecule has 0 aliphatic carbocycles. The second-order valence-electron chi connectivity index (χ2n) is 5.18. The molecule has 1 aromatic heterocycles. The largest absolute Gasteiger partial charge is 0.497 e. The van der Waals surface area contributed by atoms with Crippen molar-refractivity contribution in [3.63, 3.8) is 0 Å². The molecule has 0 N–H and O–H groups in total. The molecule has 0 saturated carbocycles. The van der Waals surface area contributed by atoms with Crippen LogP contribution in [0, 0.1) is 6.92 Å². The SMILES string of the molecule is COc1cccc(-c2nnc(SCC(=O)Oc3cccc(C)c3)o2)c1. The fourth-order valence-electron chi connectivity index (χ4n) is 2.10. The number of aryl methyl sites for hydroxylation is 1. The van der Waals surface area contributed by atoms with E-state index in [1.165, 1.54) is 0 Å². The number of esters is 1. The third-order valence-electron chi connectivity index (χ3n) is 3.26. The Labute approximate surface area is 149 Å². The zero-order valence-electron chi connectivity index (χ0n) is 13.8. The molecular formula is C18H16N2O4S. The number of ether oxygens (including phenoxy) is 2. The second-order valence-corrected chi connectivity index (χ2v) is 6.11. The van der Waals surface area contributed by atoms with Crippen molar-refractivity contribution in [1.29, 1.82) is 0 Å². The number of aromatic nitrogens is 2. The van der Waals surface area contributed by atoms with Crippen molar-refractivity contribution in [1.82, 2.24) is 10.2 Å². The molecule has 25 heavy (non-hydrogen) atoms. The summed E-state index contributed by atoms with van der Waals surface area (Å²) in [6.45, 7) is 1.94. The molecule has 0 amide bonds. The summed E-state index contributed by atoms with van der Waals surface area (Å²) in [4.78, 5) is 11.9. The van der Waals surface area contributed by atoms with Crippen LogP contribution in [0.25, 0.3) is 11.5 Å². The van der Waals surface area contributed by atoms with Gasteiger partial charge in [0.25, 0.3) is 5.22 Å². The molecule has 1 heterocycles. The van der Waals surface area contributed by atoms with E-state index in [9.17, 15) is 4.79 Å². The van der Waals surface area contributed by atoms with Crippen molar-refractivity contribution in [3.05, 3.63) is 54.1 Å². The van der Waals surface area contributed by atoms with Gasteiger partial charge in [-0.2, -0.15) is 0 Å². The highest BCUT2D eigenvalue weighted by Crippen LogP contribution is 2.26. The first-order chi connectivity index (χ1) is 12.1. The number of nitrogens with zero attached hydrogens (tertiary/aromatic N) is 2. The third kappa shape index (κ3) is 4.60. The first-order valence-corrected chi connectivity index (χ1v) is 8.50. The van der Waals surface area contributed by atoms with E-state index in [-0.39, 0.29) is 11.7 Å². The number of benzene rings is 2. The van der Waals surface area contributed by atoms with Crippen LogP contribution in [0.3, 0.4) is 0 Å². The minimum atomic E-state index is -0.378. The lowest BCUT2D eigenvalue weighted by atomic mass is 10.2. The zero-order valence-corrected chi connectivity index (χ0v) is 14.6. The fraction of sp³-hybridized carbons (Fsp3) is 0.167. The molecule has 3 aromatic rings. The van der Waals surface area contributed by atoms with Gasteiger partial charge in [0, 0.05) is 5.56 Å². The normalized spacial score (nSPS) is 10.5. The Balaban J connectivity index is 1.59. The smallest absolute Gasteiger partial charge is 0.321 e. The van der Waals surface area contributed by atoms with E-state index in [4.69, 9.17) is 13.9 Å². The lowest BCUT2D eigenvalue weighted by molar-refractivity contribution is -0.131. The number of carbonyl (C=O) groups is 1. The summed E-state index contributed by atoms with van der Waals surface area (Å²) < 4.78 is 16.0. The summed E-state index contributed by atoms with van der Waals surface area (Å²) in [5.74, 6) is 1.29. The van der Waals surface area contributed by atoms with Gasteiger partial charge in [-0.05, 0) is 42.8 Å². The number of hydrogen-bond donors (Lipinski definition) is 0. The molecule has 0 saturated heterocycles. The topological polar surface area (TPSA) is 74.5 Å². The van der Waals surface area contributed by atoms with Gasteiger partial charge < -0.3 is 13.9 Å². The Morgan fingerprint density at radius 2 is 1.92 bits per heavy atom. The summed E-state index contributed by atoms with van der Waals surface area (Å²) in [5, 5.41) is 8.23. The Bertz CT molecular complexity index is 879. The lowest BCUT2D eigenvalue weighted by Crippen LogP contribution is -2.10. The predicted molar refractivity (Wildman–Crippen MR) is 93.8 cm³/mol. The van der Waals surface area contributed by atoms with Crippen molar-refractivity contribution in [2.75, 3.05) is 12.9 Å². The quantitative estimate of drug-likeness (QED) is 0.378. The molecule has 7 heteroatoms. The van der Waals surface area contributed by atoms with Gasteiger partial charge >= 0.3 is 5.97 Å². The predicted octanol–water partition coefficient (Wildman–Crippen LogP) is 3.75. The van der Waals surface area contributed by atoms with Crippen LogP contribution in [0.15, 0.2) is 58.2 Å². The molecule has 3 rings (SSSR count). The van der Waals surface area contributed by atoms with Gasteiger partial charge in [0.05, 0.1) is 7.11 Å². The minimum Gasteiger partial charge on any atom is -0.497 e. The van der Waals surface area contributed by atoms with E-state index in [2.05, 4.69) is 10.2 Å². The van der Waals surface area contributed by atoms with Crippen LogP contribution in [0.4, 0.5) is 0 Å². The van der Waals surface area contributed by atoms with E-state index in [1.807, 2.05) is 37.3 Å². The molecule has 0 unspecified atom stereocenters. The molecule has 0 aliphatic rings. The lowest BCUT2D eigenvalue weighted by Gasteiger charge is -2.03. The number of thioether (sulfide) groups is 1. The molecule has 0 aliphatic heterocycles. The molecule has 0 fully saturated rings. The standard InChI is InChI=1S/C18H16N2O4S/c1-12-5-3-8-15(9-12)23-16(21)11-25-18-20-19-17(24-18)13-6-4-7-14(10-13)22-2/h3-10H,11H2,1-2H3. The van der Waals surface area contributed by atoms with Gasteiger partial charge in [0.1, 0.15) is 17.3 Å². The third-order valence-corrected chi connectivity index (χ3v) is 4.05. The van der Waals surface area contributed by atoms with Gasteiger partial charge in [0.2, 0.25) is 5.89 Å². The molecule has 0 bridgehead atoms. The maximum absolute atomic E-state index is 11.9. The van der Waals surface area contributed by atoms with Crippen molar-refractivity contribution >= 4 is 17.7 Å². The molecule has 128 valence electrons. The van der Waals surface area contributed by atoms with Gasteiger partial charge in [0.15, 0.2) is 0 Å². The minimum absolute atomic E-state index is 0.0771. The van der Waals surface area contributed by atoms with Crippen molar-refractivity contribution in [2.45, 2.75) is 12.1 Å². The highest BCUT2D eigenvalue weighted by molar-refractivity contribution is 7.99. The first-order valence-electron chi connectivity index (χ1n) is 7.52. The number of rotatable bonds is 6. The Hall–Kier alpha value is -2.80. The van der Waals surface area contributed by atoms with Crippen LogP contribution in [0.1, 0.15) is 5.56 Å². The number of methoxy groups -OCH3 is 1. The molecular weight excluding hydrogens is 340 g/mol. The Kier molecular flexibility index (Phi) is 5.35. The van der Waals surface area contributed by atoms with E-state index < -0.39 is 0 Å². The van der Waals surface area contributed by atoms with Gasteiger partial charge in [-0.25, -0.2) is 0 Å². The van der Waals surface area contributed by atoms with E-state index in [0.717, 1.165) is 22.9 Å². The monoisotopic (exact) mass is 356 g/mol. The Morgan fingerprint density at radius 1 is 1.12 bits per heavy atom. The Morgan fingerprint density at radius 3 is 2.72 bits per heavy atom. The molecule has 0 radical (unpaired) electrons. The van der Waals surface area contributed by atoms with Crippen LogP contribution in [0.2, 0.25) is 0 Å². The van der Waals surface area contributed by atoms with E-state index >= 15 is 0 Å². The van der Waals surface area contributed by atoms with E-state index in [1.54, 1.807) is 25.3 Å². The maximum atomic E-state index is 11.9. The average Bonchev–Trinajstić information content (AvgIpc) is 3.09. The van der Waals surface area contributed by atoms with Crippen molar-refractivity contribution < 1.29 is 18.7 Å². The zero-order chi connectivity index (χ0) is 17.6.